The van der Waals surface area contributed by atoms with Crippen molar-refractivity contribution < 1.29 is 13.9 Å². The largest absolute Gasteiger partial charge is 0.487 e. The van der Waals surface area contributed by atoms with Crippen LogP contribution in [0.4, 0.5) is 0 Å². The van der Waals surface area contributed by atoms with Gasteiger partial charge in [-0.15, -0.1) is 0 Å². The zero-order valence-corrected chi connectivity index (χ0v) is 16.2. The van der Waals surface area contributed by atoms with E-state index in [-0.39, 0.29) is 6.10 Å². The lowest BCUT2D eigenvalue weighted by Crippen LogP contribution is -2.11. The van der Waals surface area contributed by atoms with Gasteiger partial charge in [0.15, 0.2) is 0 Å². The SMILES string of the molecule is CCO[C@H](C#N)CCc1ccc(OCc2nc(-c3ccccc3)oc2C)cc1. The first kappa shape index (κ1) is 19.7. The molecule has 144 valence electrons. The second kappa shape index (κ2) is 9.72. The first-order chi connectivity index (χ1) is 13.7. The minimum Gasteiger partial charge on any atom is -0.487 e. The van der Waals surface area contributed by atoms with Crippen LogP contribution in [-0.4, -0.2) is 17.7 Å². The van der Waals surface area contributed by atoms with E-state index in [9.17, 15) is 0 Å². The van der Waals surface area contributed by atoms with Gasteiger partial charge < -0.3 is 13.9 Å². The highest BCUT2D eigenvalue weighted by Crippen LogP contribution is 2.23. The Morgan fingerprint density at radius 3 is 2.54 bits per heavy atom. The summed E-state index contributed by atoms with van der Waals surface area (Å²) in [5.74, 6) is 2.14. The molecule has 0 saturated carbocycles. The van der Waals surface area contributed by atoms with Gasteiger partial charge in [-0.25, -0.2) is 4.98 Å². The molecule has 0 amide bonds. The molecule has 0 N–H and O–H groups in total. The quantitative estimate of drug-likeness (QED) is 0.520. The Hall–Kier alpha value is -3.10. The van der Waals surface area contributed by atoms with Crippen LogP contribution in [0.5, 0.6) is 5.75 Å². The lowest BCUT2D eigenvalue weighted by atomic mass is 10.1. The Bertz CT molecular complexity index is 911. The number of nitriles is 1. The molecule has 0 aliphatic heterocycles. The second-order valence-corrected chi connectivity index (χ2v) is 6.43. The van der Waals surface area contributed by atoms with Crippen molar-refractivity contribution in [1.29, 1.82) is 5.26 Å². The first-order valence-electron chi connectivity index (χ1n) is 9.44. The van der Waals surface area contributed by atoms with Crippen LogP contribution in [0.15, 0.2) is 59.0 Å². The summed E-state index contributed by atoms with van der Waals surface area (Å²) in [6.45, 7) is 4.70. The molecular weight excluding hydrogens is 352 g/mol. The Morgan fingerprint density at radius 2 is 1.86 bits per heavy atom. The summed E-state index contributed by atoms with van der Waals surface area (Å²) < 4.78 is 17.0. The van der Waals surface area contributed by atoms with Crippen molar-refractivity contribution in [3.63, 3.8) is 0 Å². The highest BCUT2D eigenvalue weighted by Gasteiger charge is 2.12. The number of rotatable bonds is 9. The third-order valence-corrected chi connectivity index (χ3v) is 4.42. The second-order valence-electron chi connectivity index (χ2n) is 6.43. The number of aromatic nitrogens is 1. The molecule has 0 aliphatic carbocycles. The van der Waals surface area contributed by atoms with Gasteiger partial charge in [0.25, 0.3) is 0 Å². The molecule has 5 heteroatoms. The van der Waals surface area contributed by atoms with Gasteiger partial charge in [-0.1, -0.05) is 30.3 Å². The molecule has 1 atom stereocenters. The van der Waals surface area contributed by atoms with Gasteiger partial charge in [-0.05, 0) is 56.5 Å². The molecule has 1 heterocycles. The zero-order chi connectivity index (χ0) is 19.8. The molecule has 0 saturated heterocycles. The molecule has 0 radical (unpaired) electrons. The van der Waals surface area contributed by atoms with E-state index < -0.39 is 0 Å². The normalized spacial score (nSPS) is 11.8. The predicted octanol–water partition coefficient (Wildman–Crippen LogP) is 5.09. The van der Waals surface area contributed by atoms with Gasteiger partial charge in [0.2, 0.25) is 5.89 Å². The Balaban J connectivity index is 1.55. The molecule has 0 fully saturated rings. The van der Waals surface area contributed by atoms with Gasteiger partial charge in [0.05, 0.1) is 6.07 Å². The van der Waals surface area contributed by atoms with E-state index in [1.165, 1.54) is 0 Å². The fraction of sp³-hybridized carbons (Fsp3) is 0.304. The summed E-state index contributed by atoms with van der Waals surface area (Å²) in [6.07, 6.45) is 1.13. The van der Waals surface area contributed by atoms with E-state index >= 15 is 0 Å². The average molecular weight is 376 g/mol. The van der Waals surface area contributed by atoms with Crippen molar-refractivity contribution in [2.45, 2.75) is 39.4 Å². The van der Waals surface area contributed by atoms with Crippen molar-refractivity contribution in [3.05, 3.63) is 71.6 Å². The van der Waals surface area contributed by atoms with E-state index in [1.807, 2.05) is 68.4 Å². The molecular formula is C23H24N2O3. The number of hydrogen-bond acceptors (Lipinski definition) is 5. The van der Waals surface area contributed by atoms with Crippen molar-refractivity contribution in [2.24, 2.45) is 0 Å². The summed E-state index contributed by atoms with van der Waals surface area (Å²) in [7, 11) is 0. The number of oxazole rings is 1. The fourth-order valence-corrected chi connectivity index (χ4v) is 2.85. The predicted molar refractivity (Wildman–Crippen MR) is 107 cm³/mol. The summed E-state index contributed by atoms with van der Waals surface area (Å²) in [5.41, 5.74) is 2.89. The van der Waals surface area contributed by atoms with Crippen molar-refractivity contribution in [3.8, 4) is 23.3 Å². The van der Waals surface area contributed by atoms with Crippen LogP contribution < -0.4 is 4.74 Å². The van der Waals surface area contributed by atoms with Gasteiger partial charge in [0.1, 0.15) is 29.9 Å². The first-order valence-corrected chi connectivity index (χ1v) is 9.44. The Labute approximate surface area is 165 Å². The average Bonchev–Trinajstić information content (AvgIpc) is 3.11. The highest BCUT2D eigenvalue weighted by atomic mass is 16.5. The van der Waals surface area contributed by atoms with Crippen LogP contribution in [0, 0.1) is 18.3 Å². The molecule has 5 nitrogen and oxygen atoms in total. The van der Waals surface area contributed by atoms with Crippen LogP contribution in [0.1, 0.15) is 30.4 Å². The number of ether oxygens (including phenoxy) is 2. The Kier molecular flexibility index (Phi) is 6.83. The molecule has 1 aromatic heterocycles. The smallest absolute Gasteiger partial charge is 0.226 e. The van der Waals surface area contributed by atoms with Gasteiger partial charge in [0, 0.05) is 12.2 Å². The maximum absolute atomic E-state index is 9.05. The monoisotopic (exact) mass is 376 g/mol. The number of aryl methyl sites for hydroxylation is 2. The molecule has 0 bridgehead atoms. The van der Waals surface area contributed by atoms with Crippen molar-refractivity contribution >= 4 is 0 Å². The lowest BCUT2D eigenvalue weighted by Gasteiger charge is -2.09. The van der Waals surface area contributed by atoms with E-state index in [1.54, 1.807) is 0 Å². The standard InChI is InChI=1S/C23H24N2O3/c1-3-26-21(15-24)14-11-18-9-12-20(13-10-18)27-16-22-17(2)28-23(25-22)19-7-5-4-6-8-19/h4-10,12-13,21H,3,11,14,16H2,1-2H3/t21-/m0/s1. The van der Waals surface area contributed by atoms with E-state index in [0.717, 1.165) is 34.8 Å². The third kappa shape index (κ3) is 5.21. The minimum absolute atomic E-state index is 0.350. The summed E-state index contributed by atoms with van der Waals surface area (Å²) in [4.78, 5) is 4.55. The number of nitrogens with zero attached hydrogens (tertiary/aromatic N) is 2. The number of hydrogen-bond donors (Lipinski definition) is 0. The van der Waals surface area contributed by atoms with Crippen LogP contribution in [-0.2, 0) is 17.8 Å². The summed E-state index contributed by atoms with van der Waals surface area (Å²) >= 11 is 0. The maximum Gasteiger partial charge on any atom is 0.226 e. The summed E-state index contributed by atoms with van der Waals surface area (Å²) in [6, 6.07) is 19.9. The molecule has 28 heavy (non-hydrogen) atoms. The van der Waals surface area contributed by atoms with Crippen LogP contribution in [0.25, 0.3) is 11.5 Å². The minimum atomic E-state index is -0.352. The van der Waals surface area contributed by atoms with Crippen LogP contribution in [0.3, 0.4) is 0 Å². The third-order valence-electron chi connectivity index (χ3n) is 4.42. The molecule has 3 rings (SSSR count). The van der Waals surface area contributed by atoms with Gasteiger partial charge in [-0.2, -0.15) is 5.26 Å². The van der Waals surface area contributed by atoms with E-state index in [0.29, 0.717) is 25.5 Å². The number of benzene rings is 2. The van der Waals surface area contributed by atoms with Gasteiger partial charge in [-0.3, -0.25) is 0 Å². The molecule has 0 spiro atoms. The molecule has 0 unspecified atom stereocenters. The highest BCUT2D eigenvalue weighted by molar-refractivity contribution is 5.53. The van der Waals surface area contributed by atoms with Crippen LogP contribution >= 0.6 is 0 Å². The van der Waals surface area contributed by atoms with Gasteiger partial charge >= 0.3 is 0 Å². The van der Waals surface area contributed by atoms with E-state index in [2.05, 4.69) is 11.1 Å². The van der Waals surface area contributed by atoms with E-state index in [4.69, 9.17) is 19.2 Å². The van der Waals surface area contributed by atoms with Crippen molar-refractivity contribution in [2.75, 3.05) is 6.61 Å². The van der Waals surface area contributed by atoms with Crippen LogP contribution in [0.2, 0.25) is 0 Å². The van der Waals surface area contributed by atoms with Crippen molar-refractivity contribution in [1.82, 2.24) is 4.98 Å². The topological polar surface area (TPSA) is 68.3 Å². The summed E-state index contributed by atoms with van der Waals surface area (Å²) in [5, 5.41) is 9.05. The zero-order valence-electron chi connectivity index (χ0n) is 16.2. The maximum atomic E-state index is 9.05. The Morgan fingerprint density at radius 1 is 1.11 bits per heavy atom. The lowest BCUT2D eigenvalue weighted by molar-refractivity contribution is 0.0956. The molecule has 3 aromatic rings. The molecule has 0 aliphatic rings. The fourth-order valence-electron chi connectivity index (χ4n) is 2.85. The molecule has 2 aromatic carbocycles.